The number of amides is 2. The number of carbonyl (C=O) groups excluding carboxylic acids is 1. The van der Waals surface area contributed by atoms with E-state index in [-0.39, 0.29) is 24.7 Å². The van der Waals surface area contributed by atoms with Gasteiger partial charge in [-0.3, -0.25) is 4.79 Å². The topological polar surface area (TPSA) is 78.9 Å². The number of ether oxygens (including phenoxy) is 1. The van der Waals surface area contributed by atoms with Gasteiger partial charge in [-0.2, -0.15) is 0 Å². The molecule has 2 amide bonds. The molecule has 0 saturated carbocycles. The SMILES string of the molecule is CCC(C)N(CC(=O)O)C(=O)NC(C)C1CCOCC1. The summed E-state index contributed by atoms with van der Waals surface area (Å²) < 4.78 is 5.31. The van der Waals surface area contributed by atoms with Crippen molar-refractivity contribution in [3.8, 4) is 0 Å². The van der Waals surface area contributed by atoms with Gasteiger partial charge in [0.05, 0.1) is 0 Å². The van der Waals surface area contributed by atoms with Crippen molar-refractivity contribution in [3.05, 3.63) is 0 Å². The molecule has 2 atom stereocenters. The molecule has 0 radical (unpaired) electrons. The summed E-state index contributed by atoms with van der Waals surface area (Å²) in [7, 11) is 0. The van der Waals surface area contributed by atoms with Crippen LogP contribution in [0, 0.1) is 5.92 Å². The number of rotatable bonds is 6. The van der Waals surface area contributed by atoms with Gasteiger partial charge in [0, 0.05) is 25.3 Å². The molecule has 1 fully saturated rings. The molecule has 0 aliphatic carbocycles. The van der Waals surface area contributed by atoms with Crippen LogP contribution in [0.3, 0.4) is 0 Å². The van der Waals surface area contributed by atoms with Crippen molar-refractivity contribution in [3.63, 3.8) is 0 Å². The van der Waals surface area contributed by atoms with E-state index in [0.29, 0.717) is 5.92 Å². The molecular weight excluding hydrogens is 260 g/mol. The highest BCUT2D eigenvalue weighted by atomic mass is 16.5. The molecule has 0 aromatic rings. The summed E-state index contributed by atoms with van der Waals surface area (Å²) in [5, 5.41) is 11.9. The second kappa shape index (κ2) is 8.09. The van der Waals surface area contributed by atoms with E-state index in [1.54, 1.807) is 0 Å². The first kappa shape index (κ1) is 16.8. The zero-order valence-electron chi connectivity index (χ0n) is 12.6. The molecular formula is C14H26N2O4. The molecule has 0 aromatic carbocycles. The van der Waals surface area contributed by atoms with Crippen molar-refractivity contribution in [2.75, 3.05) is 19.8 Å². The van der Waals surface area contributed by atoms with E-state index < -0.39 is 5.97 Å². The number of carboxylic acids is 1. The van der Waals surface area contributed by atoms with E-state index in [1.165, 1.54) is 4.90 Å². The standard InChI is InChI=1S/C14H26N2O4/c1-4-10(2)16(9-13(17)18)14(19)15-11(3)12-5-7-20-8-6-12/h10-12H,4-9H2,1-3H3,(H,15,19)(H,17,18). The van der Waals surface area contributed by atoms with Gasteiger partial charge in [0.2, 0.25) is 0 Å². The monoisotopic (exact) mass is 286 g/mol. The van der Waals surface area contributed by atoms with Crippen molar-refractivity contribution in [2.24, 2.45) is 5.92 Å². The summed E-state index contributed by atoms with van der Waals surface area (Å²) in [6.07, 6.45) is 2.60. The first-order chi connectivity index (χ1) is 9.45. The normalized spacial score (nSPS) is 19.1. The number of carbonyl (C=O) groups is 2. The molecule has 6 heteroatoms. The van der Waals surface area contributed by atoms with Gasteiger partial charge in [0.1, 0.15) is 6.54 Å². The number of nitrogens with zero attached hydrogens (tertiary/aromatic N) is 1. The lowest BCUT2D eigenvalue weighted by atomic mass is 9.93. The molecule has 1 rings (SSSR count). The van der Waals surface area contributed by atoms with Gasteiger partial charge in [-0.15, -0.1) is 0 Å². The number of hydrogen-bond donors (Lipinski definition) is 2. The number of nitrogens with one attached hydrogen (secondary N) is 1. The van der Waals surface area contributed by atoms with Crippen LogP contribution in [-0.2, 0) is 9.53 Å². The van der Waals surface area contributed by atoms with Gasteiger partial charge in [-0.05, 0) is 39.0 Å². The number of carboxylic acid groups (broad SMARTS) is 1. The summed E-state index contributed by atoms with van der Waals surface area (Å²) in [4.78, 5) is 24.5. The van der Waals surface area contributed by atoms with Gasteiger partial charge in [-0.1, -0.05) is 6.92 Å². The molecule has 0 aromatic heterocycles. The third-order valence-electron chi connectivity index (χ3n) is 4.01. The van der Waals surface area contributed by atoms with Crippen LogP contribution in [0.25, 0.3) is 0 Å². The highest BCUT2D eigenvalue weighted by molar-refractivity contribution is 5.80. The number of urea groups is 1. The fourth-order valence-corrected chi connectivity index (χ4v) is 2.41. The van der Waals surface area contributed by atoms with Gasteiger partial charge < -0.3 is 20.1 Å². The number of hydrogen-bond acceptors (Lipinski definition) is 3. The Labute approximate surface area is 120 Å². The Morgan fingerprint density at radius 2 is 1.95 bits per heavy atom. The second-order valence-corrected chi connectivity index (χ2v) is 5.47. The van der Waals surface area contributed by atoms with E-state index in [0.717, 1.165) is 32.5 Å². The van der Waals surface area contributed by atoms with Crippen LogP contribution in [0.5, 0.6) is 0 Å². The number of aliphatic carboxylic acids is 1. The highest BCUT2D eigenvalue weighted by Gasteiger charge is 2.26. The Balaban J connectivity index is 2.57. The fourth-order valence-electron chi connectivity index (χ4n) is 2.41. The summed E-state index contributed by atoms with van der Waals surface area (Å²) in [6, 6.07) is -0.347. The van der Waals surface area contributed by atoms with Crippen molar-refractivity contribution >= 4 is 12.0 Å². The highest BCUT2D eigenvalue weighted by Crippen LogP contribution is 2.19. The molecule has 2 N–H and O–H groups in total. The van der Waals surface area contributed by atoms with E-state index in [2.05, 4.69) is 5.32 Å². The van der Waals surface area contributed by atoms with E-state index in [4.69, 9.17) is 9.84 Å². The summed E-state index contributed by atoms with van der Waals surface area (Å²) in [5.41, 5.74) is 0. The lowest BCUT2D eigenvalue weighted by Gasteiger charge is -2.32. The molecule has 20 heavy (non-hydrogen) atoms. The first-order valence-corrected chi connectivity index (χ1v) is 7.32. The van der Waals surface area contributed by atoms with E-state index >= 15 is 0 Å². The molecule has 0 spiro atoms. The fraction of sp³-hybridized carbons (Fsp3) is 0.857. The molecule has 1 saturated heterocycles. The van der Waals surface area contributed by atoms with Gasteiger partial charge in [-0.25, -0.2) is 4.79 Å². The van der Waals surface area contributed by atoms with Gasteiger partial charge >= 0.3 is 12.0 Å². The van der Waals surface area contributed by atoms with Crippen molar-refractivity contribution < 1.29 is 19.4 Å². The summed E-state index contributed by atoms with van der Waals surface area (Å²) in [5.74, 6) is -0.588. The van der Waals surface area contributed by atoms with Crippen LogP contribution >= 0.6 is 0 Å². The summed E-state index contributed by atoms with van der Waals surface area (Å²) >= 11 is 0. The average Bonchev–Trinajstić information content (AvgIpc) is 2.44. The van der Waals surface area contributed by atoms with Crippen LogP contribution in [-0.4, -0.2) is 53.8 Å². The molecule has 1 heterocycles. The Morgan fingerprint density at radius 3 is 2.45 bits per heavy atom. The van der Waals surface area contributed by atoms with Crippen LogP contribution < -0.4 is 5.32 Å². The zero-order valence-corrected chi connectivity index (χ0v) is 12.6. The van der Waals surface area contributed by atoms with Crippen LogP contribution in [0.1, 0.15) is 40.0 Å². The minimum atomic E-state index is -0.987. The second-order valence-electron chi connectivity index (χ2n) is 5.47. The van der Waals surface area contributed by atoms with Crippen molar-refractivity contribution in [2.45, 2.75) is 52.1 Å². The lowest BCUT2D eigenvalue weighted by molar-refractivity contribution is -0.138. The van der Waals surface area contributed by atoms with Crippen LogP contribution in [0.2, 0.25) is 0 Å². The third kappa shape index (κ3) is 5.00. The van der Waals surface area contributed by atoms with Crippen LogP contribution in [0.4, 0.5) is 4.79 Å². The largest absolute Gasteiger partial charge is 0.480 e. The lowest BCUT2D eigenvalue weighted by Crippen LogP contribution is -2.51. The van der Waals surface area contributed by atoms with Gasteiger partial charge in [0.25, 0.3) is 0 Å². The maximum atomic E-state index is 12.3. The molecule has 1 aliphatic rings. The Kier molecular flexibility index (Phi) is 6.78. The van der Waals surface area contributed by atoms with E-state index in [9.17, 15) is 9.59 Å². The van der Waals surface area contributed by atoms with Gasteiger partial charge in [0.15, 0.2) is 0 Å². The van der Waals surface area contributed by atoms with Crippen molar-refractivity contribution in [1.82, 2.24) is 10.2 Å². The predicted molar refractivity (Wildman–Crippen MR) is 75.6 cm³/mol. The maximum Gasteiger partial charge on any atom is 0.323 e. The molecule has 116 valence electrons. The Hall–Kier alpha value is -1.30. The molecule has 2 unspecified atom stereocenters. The minimum absolute atomic E-state index is 0.0340. The Bertz CT molecular complexity index is 329. The minimum Gasteiger partial charge on any atom is -0.480 e. The molecule has 0 bridgehead atoms. The zero-order chi connectivity index (χ0) is 15.1. The molecule has 1 aliphatic heterocycles. The average molecular weight is 286 g/mol. The summed E-state index contributed by atoms with van der Waals surface area (Å²) in [6.45, 7) is 6.98. The first-order valence-electron chi connectivity index (χ1n) is 7.32. The smallest absolute Gasteiger partial charge is 0.323 e. The van der Waals surface area contributed by atoms with E-state index in [1.807, 2.05) is 20.8 Å². The predicted octanol–water partition coefficient (Wildman–Crippen LogP) is 1.70. The van der Waals surface area contributed by atoms with Crippen molar-refractivity contribution in [1.29, 1.82) is 0 Å². The Morgan fingerprint density at radius 1 is 1.35 bits per heavy atom. The third-order valence-corrected chi connectivity index (χ3v) is 4.01. The van der Waals surface area contributed by atoms with Crippen LogP contribution in [0.15, 0.2) is 0 Å². The quantitative estimate of drug-likeness (QED) is 0.779. The maximum absolute atomic E-state index is 12.3. The molecule has 6 nitrogen and oxygen atoms in total.